The molecule has 0 aliphatic carbocycles. The number of unbranched alkanes of at least 4 members (excludes halogenated alkanes) is 1. The molecule has 0 nitrogen and oxygen atoms in total. The van der Waals surface area contributed by atoms with Crippen molar-refractivity contribution < 1.29 is 4.39 Å². The van der Waals surface area contributed by atoms with Crippen molar-refractivity contribution in [1.82, 2.24) is 0 Å². The molecule has 0 amide bonds. The van der Waals surface area contributed by atoms with Crippen LogP contribution in [0.2, 0.25) is 0 Å². The first kappa shape index (κ1) is 10.0. The summed E-state index contributed by atoms with van der Waals surface area (Å²) in [6.45, 7) is 5.47. The largest absolute Gasteiger partial charge is 0.231 e. The minimum absolute atomic E-state index is 0.294. The van der Waals surface area contributed by atoms with Crippen LogP contribution in [0.3, 0.4) is 0 Å². The van der Waals surface area contributed by atoms with Crippen LogP contribution in [0.1, 0.15) is 32.6 Å². The highest BCUT2D eigenvalue weighted by Crippen LogP contribution is 2.27. The summed E-state index contributed by atoms with van der Waals surface area (Å²) in [5.74, 6) is 0. The monoisotopic (exact) mass is 161 g/mol. The quantitative estimate of drug-likeness (QED) is 0.540. The van der Waals surface area contributed by atoms with E-state index in [1.807, 2.05) is 6.92 Å². The number of alkyl halides is 1. The van der Waals surface area contributed by atoms with Gasteiger partial charge in [0.1, 0.15) is 0 Å². The molecule has 1 atom stereocenters. The summed E-state index contributed by atoms with van der Waals surface area (Å²) >= 11 is 4.67. The van der Waals surface area contributed by atoms with Gasteiger partial charge in [-0.2, -0.15) is 0 Å². The fourth-order valence-electron chi connectivity index (χ4n) is 0.758. The summed E-state index contributed by atoms with van der Waals surface area (Å²) < 4.78 is 13.0. The van der Waals surface area contributed by atoms with E-state index in [-0.39, 0.29) is 0 Å². The van der Waals surface area contributed by atoms with Crippen molar-refractivity contribution in [1.29, 1.82) is 0 Å². The van der Waals surface area contributed by atoms with Crippen molar-refractivity contribution in [3.63, 3.8) is 0 Å². The number of halogens is 1. The van der Waals surface area contributed by atoms with Gasteiger partial charge in [0.15, 0.2) is 5.00 Å². The van der Waals surface area contributed by atoms with Crippen molar-refractivity contribution in [3.8, 4) is 0 Å². The van der Waals surface area contributed by atoms with Crippen molar-refractivity contribution in [2.75, 3.05) is 0 Å². The normalized spacial score (nSPS) is 16.3. The molecule has 2 heteroatoms. The number of hydrogen-bond acceptors (Lipinski definition) is 0. The fraction of sp³-hybridized carbons (Fsp3) is 0.750. The topological polar surface area (TPSA) is 0 Å². The summed E-state index contributed by atoms with van der Waals surface area (Å²) in [6.07, 6.45) is 4.18. The zero-order chi connectivity index (χ0) is 8.04. The van der Waals surface area contributed by atoms with E-state index in [2.05, 4.69) is 19.2 Å². The third-order valence-electron chi connectivity index (χ3n) is 1.35. The van der Waals surface area contributed by atoms with Crippen LogP contribution < -0.4 is 0 Å². The molecule has 0 spiro atoms. The fourth-order valence-corrected chi connectivity index (χ4v) is 1.02. The molecule has 0 saturated carbocycles. The maximum atomic E-state index is 13.0. The van der Waals surface area contributed by atoms with Gasteiger partial charge in [-0.3, -0.25) is 0 Å². The van der Waals surface area contributed by atoms with E-state index < -0.39 is 5.00 Å². The van der Waals surface area contributed by atoms with Gasteiger partial charge in [0, 0.05) is 6.42 Å². The molecule has 1 radical (unpaired) electrons. The highest BCUT2D eigenvalue weighted by molar-refractivity contribution is 7.81. The number of rotatable bonds is 5. The molecule has 0 aromatic rings. The molecule has 10 heavy (non-hydrogen) atoms. The van der Waals surface area contributed by atoms with Gasteiger partial charge in [-0.25, -0.2) is 4.39 Å². The highest BCUT2D eigenvalue weighted by Gasteiger charge is 2.22. The first-order valence-electron chi connectivity index (χ1n) is 3.62. The van der Waals surface area contributed by atoms with Crippen molar-refractivity contribution in [3.05, 3.63) is 12.7 Å². The molecule has 0 saturated heterocycles. The van der Waals surface area contributed by atoms with Crippen LogP contribution in [0, 0.1) is 0 Å². The maximum Gasteiger partial charge on any atom is 0.169 e. The minimum Gasteiger partial charge on any atom is -0.231 e. The minimum atomic E-state index is -1.43. The Hall–Kier alpha value is 0.0200. The molecule has 0 fully saturated rings. The molecule has 0 aliphatic rings. The Balaban J connectivity index is 3.51. The third kappa shape index (κ3) is 4.86. The van der Waals surface area contributed by atoms with Gasteiger partial charge in [-0.1, -0.05) is 19.4 Å². The van der Waals surface area contributed by atoms with E-state index >= 15 is 0 Å². The Morgan fingerprint density at radius 2 is 2.30 bits per heavy atom. The Bertz CT molecular complexity index is 99.4. The van der Waals surface area contributed by atoms with E-state index in [4.69, 9.17) is 0 Å². The lowest BCUT2D eigenvalue weighted by atomic mass is 10.1. The van der Waals surface area contributed by atoms with Crippen LogP contribution in [0.4, 0.5) is 4.39 Å². The van der Waals surface area contributed by atoms with E-state index in [0.29, 0.717) is 12.8 Å². The van der Waals surface area contributed by atoms with Crippen LogP contribution in [0.5, 0.6) is 0 Å². The molecular weight excluding hydrogens is 147 g/mol. The molecule has 0 aromatic carbocycles. The Kier molecular flexibility index (Phi) is 4.79. The first-order chi connectivity index (χ1) is 4.62. The third-order valence-corrected chi connectivity index (χ3v) is 1.72. The van der Waals surface area contributed by atoms with Crippen molar-refractivity contribution in [2.24, 2.45) is 0 Å². The van der Waals surface area contributed by atoms with Crippen LogP contribution >= 0.6 is 12.6 Å². The average molecular weight is 161 g/mol. The maximum absolute atomic E-state index is 13.0. The van der Waals surface area contributed by atoms with E-state index in [9.17, 15) is 4.39 Å². The highest BCUT2D eigenvalue weighted by atomic mass is 32.1. The summed E-state index contributed by atoms with van der Waals surface area (Å²) in [5, 5.41) is -1.43. The molecule has 59 valence electrons. The van der Waals surface area contributed by atoms with Gasteiger partial charge in [0.25, 0.3) is 0 Å². The van der Waals surface area contributed by atoms with E-state index in [1.165, 1.54) is 0 Å². The van der Waals surface area contributed by atoms with Crippen molar-refractivity contribution >= 4 is 12.6 Å². The second-order valence-electron chi connectivity index (χ2n) is 2.48. The number of allylic oxidation sites excluding steroid dienone is 1. The predicted molar refractivity (Wildman–Crippen MR) is 45.8 cm³/mol. The Morgan fingerprint density at radius 3 is 2.70 bits per heavy atom. The van der Waals surface area contributed by atoms with Crippen LogP contribution in [0.25, 0.3) is 0 Å². The van der Waals surface area contributed by atoms with Crippen LogP contribution in [0.15, 0.2) is 12.7 Å². The van der Waals surface area contributed by atoms with Crippen LogP contribution in [-0.4, -0.2) is 5.00 Å². The second-order valence-corrected chi connectivity index (χ2v) is 3.21. The predicted octanol–water partition coefficient (Wildman–Crippen LogP) is 3.62. The molecule has 0 rings (SSSR count). The standard InChI is InChI=1S/C8H14FS/c1-3-5-7-8(9,10)6-4-2/h4H,2-3,5-7H2,1H3. The summed E-state index contributed by atoms with van der Waals surface area (Å²) in [6, 6.07) is 0. The van der Waals surface area contributed by atoms with Crippen molar-refractivity contribution in [2.45, 2.75) is 37.6 Å². The summed E-state index contributed by atoms with van der Waals surface area (Å²) in [4.78, 5) is 0. The lowest BCUT2D eigenvalue weighted by molar-refractivity contribution is 0.270. The SMILES string of the molecule is C=CCC(F)([S])CCCC. The van der Waals surface area contributed by atoms with E-state index in [0.717, 1.165) is 12.8 Å². The Morgan fingerprint density at radius 1 is 1.70 bits per heavy atom. The molecule has 1 unspecified atom stereocenters. The molecular formula is C8H14FS. The van der Waals surface area contributed by atoms with Gasteiger partial charge >= 0.3 is 0 Å². The van der Waals surface area contributed by atoms with E-state index in [1.54, 1.807) is 6.08 Å². The van der Waals surface area contributed by atoms with Crippen LogP contribution in [-0.2, 0) is 0 Å². The molecule has 0 N–H and O–H groups in total. The summed E-state index contributed by atoms with van der Waals surface area (Å²) in [5.41, 5.74) is 0. The smallest absolute Gasteiger partial charge is 0.169 e. The number of hydrogen-bond donors (Lipinski definition) is 0. The molecule has 0 aromatic heterocycles. The van der Waals surface area contributed by atoms with Gasteiger partial charge in [0.05, 0.1) is 0 Å². The lowest BCUT2D eigenvalue weighted by Gasteiger charge is -2.14. The van der Waals surface area contributed by atoms with Gasteiger partial charge in [-0.15, -0.1) is 6.58 Å². The molecule has 0 bridgehead atoms. The first-order valence-corrected chi connectivity index (χ1v) is 4.03. The van der Waals surface area contributed by atoms with Gasteiger partial charge in [-0.05, 0) is 25.5 Å². The molecule has 0 heterocycles. The molecule has 0 aliphatic heterocycles. The zero-order valence-corrected chi connectivity index (χ0v) is 7.22. The summed E-state index contributed by atoms with van der Waals surface area (Å²) in [7, 11) is 0. The zero-order valence-electron chi connectivity index (χ0n) is 6.40. The Labute approximate surface area is 67.9 Å². The van der Waals surface area contributed by atoms with Gasteiger partial charge < -0.3 is 0 Å². The lowest BCUT2D eigenvalue weighted by Crippen LogP contribution is -2.12. The average Bonchev–Trinajstić information content (AvgIpc) is 1.84. The van der Waals surface area contributed by atoms with Gasteiger partial charge in [0.2, 0.25) is 0 Å². The second kappa shape index (κ2) is 4.78.